The van der Waals surface area contributed by atoms with Crippen LogP contribution in [0.1, 0.15) is 15.9 Å². The average molecular weight is 359 g/mol. The minimum atomic E-state index is -0.227. The quantitative estimate of drug-likeness (QED) is 0.546. The molecule has 0 aliphatic rings. The Morgan fingerprint density at radius 2 is 1.78 bits per heavy atom. The molecule has 0 spiro atoms. The maximum absolute atomic E-state index is 12.7. The van der Waals surface area contributed by atoms with Crippen molar-refractivity contribution in [3.05, 3.63) is 82.0 Å². The number of hydrogen-bond donors (Lipinski definition) is 1. The number of carbonyl (C=O) groups is 1. The predicted octanol–water partition coefficient (Wildman–Crippen LogP) is 4.52. The summed E-state index contributed by atoms with van der Waals surface area (Å²) in [5.74, 6) is 0.260. The summed E-state index contributed by atoms with van der Waals surface area (Å²) in [6.07, 6.45) is 0. The third-order valence-corrected chi connectivity index (χ3v) is 4.45. The van der Waals surface area contributed by atoms with Crippen molar-refractivity contribution >= 4 is 33.5 Å². The molecule has 1 amide bonds. The van der Waals surface area contributed by atoms with E-state index in [2.05, 4.69) is 5.32 Å². The number of carbonyl (C=O) groups excluding carboxylic acids is 1. The van der Waals surface area contributed by atoms with E-state index in [4.69, 9.17) is 9.15 Å². The van der Waals surface area contributed by atoms with Crippen molar-refractivity contribution in [3.8, 4) is 5.75 Å². The summed E-state index contributed by atoms with van der Waals surface area (Å²) in [4.78, 5) is 25.2. The van der Waals surface area contributed by atoms with Crippen LogP contribution in [0.2, 0.25) is 0 Å². The molecule has 3 aromatic carbocycles. The second-order valence-corrected chi connectivity index (χ2v) is 6.30. The molecule has 0 aliphatic carbocycles. The van der Waals surface area contributed by atoms with Gasteiger partial charge in [-0.2, -0.15) is 0 Å². The van der Waals surface area contributed by atoms with Crippen LogP contribution in [0.15, 0.2) is 69.9 Å². The number of amides is 1. The number of aryl methyl sites for hydroxylation is 1. The number of ether oxygens (including phenoxy) is 1. The first kappa shape index (κ1) is 16.8. The van der Waals surface area contributed by atoms with Crippen molar-refractivity contribution in [1.29, 1.82) is 0 Å². The van der Waals surface area contributed by atoms with Crippen molar-refractivity contribution in [2.45, 2.75) is 6.92 Å². The average Bonchev–Trinajstić information content (AvgIpc) is 2.68. The minimum absolute atomic E-state index is 0.137. The van der Waals surface area contributed by atoms with Crippen molar-refractivity contribution in [2.75, 3.05) is 12.4 Å². The van der Waals surface area contributed by atoms with Gasteiger partial charge in [-0.25, -0.2) is 0 Å². The van der Waals surface area contributed by atoms with E-state index in [9.17, 15) is 9.59 Å². The number of hydrogen-bond acceptors (Lipinski definition) is 4. The third-order valence-electron chi connectivity index (χ3n) is 4.45. The second-order valence-electron chi connectivity index (χ2n) is 6.30. The van der Waals surface area contributed by atoms with E-state index in [-0.39, 0.29) is 11.3 Å². The van der Waals surface area contributed by atoms with Crippen LogP contribution in [0.4, 0.5) is 5.69 Å². The number of nitrogens with one attached hydrogen (secondary N) is 1. The first-order valence-electron chi connectivity index (χ1n) is 8.48. The second kappa shape index (κ2) is 6.61. The third kappa shape index (κ3) is 3.04. The molecule has 0 bridgehead atoms. The number of anilines is 1. The Bertz CT molecular complexity index is 1220. The van der Waals surface area contributed by atoms with Gasteiger partial charge in [0.05, 0.1) is 17.9 Å². The SMILES string of the molecule is COc1cccc2c(=O)c3ccc(NC(=O)c4ccc(C)cc4)cc3oc12. The topological polar surface area (TPSA) is 68.5 Å². The van der Waals surface area contributed by atoms with Crippen LogP contribution in [-0.2, 0) is 0 Å². The van der Waals surface area contributed by atoms with Gasteiger partial charge in [-0.1, -0.05) is 23.8 Å². The van der Waals surface area contributed by atoms with Gasteiger partial charge in [0.2, 0.25) is 5.43 Å². The van der Waals surface area contributed by atoms with Crippen molar-refractivity contribution in [3.63, 3.8) is 0 Å². The molecule has 0 atom stereocenters. The molecular weight excluding hydrogens is 342 g/mol. The fourth-order valence-electron chi connectivity index (χ4n) is 3.00. The maximum Gasteiger partial charge on any atom is 0.255 e. The van der Waals surface area contributed by atoms with Crippen molar-refractivity contribution in [1.82, 2.24) is 0 Å². The lowest BCUT2D eigenvalue weighted by Gasteiger charge is -2.08. The first-order chi connectivity index (χ1) is 13.1. The summed E-state index contributed by atoms with van der Waals surface area (Å²) in [7, 11) is 1.52. The zero-order valence-corrected chi connectivity index (χ0v) is 14.9. The van der Waals surface area contributed by atoms with E-state index >= 15 is 0 Å². The Kier molecular flexibility index (Phi) is 4.12. The number of fused-ring (bicyclic) bond motifs is 2. The highest BCUT2D eigenvalue weighted by Gasteiger charge is 2.13. The van der Waals surface area contributed by atoms with Crippen LogP contribution >= 0.6 is 0 Å². The van der Waals surface area contributed by atoms with Crippen LogP contribution in [0.3, 0.4) is 0 Å². The van der Waals surface area contributed by atoms with Gasteiger partial charge in [-0.15, -0.1) is 0 Å². The van der Waals surface area contributed by atoms with Gasteiger partial charge >= 0.3 is 0 Å². The number of para-hydroxylation sites is 1. The molecule has 0 saturated carbocycles. The van der Waals surface area contributed by atoms with Gasteiger partial charge in [-0.3, -0.25) is 9.59 Å². The lowest BCUT2D eigenvalue weighted by molar-refractivity contribution is 0.102. The molecular formula is C22H17NO4. The smallest absolute Gasteiger partial charge is 0.255 e. The Morgan fingerprint density at radius 3 is 2.52 bits per heavy atom. The molecule has 0 aliphatic heterocycles. The molecule has 1 aromatic heterocycles. The molecule has 4 rings (SSSR count). The zero-order chi connectivity index (χ0) is 19.0. The molecule has 0 saturated heterocycles. The zero-order valence-electron chi connectivity index (χ0n) is 14.9. The van der Waals surface area contributed by atoms with E-state index in [1.54, 1.807) is 48.5 Å². The molecule has 0 fully saturated rings. The highest BCUT2D eigenvalue weighted by atomic mass is 16.5. The summed E-state index contributed by atoms with van der Waals surface area (Å²) in [5, 5.41) is 3.74. The Balaban J connectivity index is 1.77. The van der Waals surface area contributed by atoms with E-state index in [0.717, 1.165) is 5.56 Å². The van der Waals surface area contributed by atoms with E-state index in [1.807, 2.05) is 19.1 Å². The summed E-state index contributed by atoms with van der Waals surface area (Å²) in [6.45, 7) is 1.96. The van der Waals surface area contributed by atoms with Gasteiger partial charge in [0, 0.05) is 17.3 Å². The van der Waals surface area contributed by atoms with Crippen molar-refractivity contribution < 1.29 is 13.9 Å². The summed E-state index contributed by atoms with van der Waals surface area (Å²) in [5.41, 5.74) is 2.83. The molecule has 4 aromatic rings. The Labute approximate surface area is 155 Å². The molecule has 27 heavy (non-hydrogen) atoms. The van der Waals surface area contributed by atoms with Gasteiger partial charge < -0.3 is 14.5 Å². The van der Waals surface area contributed by atoms with Gasteiger partial charge in [-0.05, 0) is 43.3 Å². The van der Waals surface area contributed by atoms with E-state index in [0.29, 0.717) is 38.9 Å². The van der Waals surface area contributed by atoms with Crippen LogP contribution in [0.25, 0.3) is 21.9 Å². The van der Waals surface area contributed by atoms with Crippen molar-refractivity contribution in [2.24, 2.45) is 0 Å². The molecule has 5 nitrogen and oxygen atoms in total. The van der Waals surface area contributed by atoms with Gasteiger partial charge in [0.15, 0.2) is 11.3 Å². The minimum Gasteiger partial charge on any atom is -0.493 e. The fourth-order valence-corrected chi connectivity index (χ4v) is 3.00. The van der Waals surface area contributed by atoms with Crippen LogP contribution in [0, 0.1) is 6.92 Å². The van der Waals surface area contributed by atoms with Crippen LogP contribution in [-0.4, -0.2) is 13.0 Å². The lowest BCUT2D eigenvalue weighted by atomic mass is 10.1. The standard InChI is InChI=1S/C22H17NO4/c1-13-6-8-14(9-7-13)22(25)23-15-10-11-16-19(12-15)27-21-17(20(16)24)4-3-5-18(21)26-2/h3-12H,1-2H3,(H,23,25). The molecule has 1 heterocycles. The summed E-state index contributed by atoms with van der Waals surface area (Å²) in [6, 6.07) is 17.5. The van der Waals surface area contributed by atoms with E-state index in [1.165, 1.54) is 7.11 Å². The molecule has 1 N–H and O–H groups in total. The summed E-state index contributed by atoms with van der Waals surface area (Å²) < 4.78 is 11.2. The van der Waals surface area contributed by atoms with E-state index < -0.39 is 0 Å². The largest absolute Gasteiger partial charge is 0.493 e. The number of benzene rings is 3. The monoisotopic (exact) mass is 359 g/mol. The first-order valence-corrected chi connectivity index (χ1v) is 8.48. The van der Waals surface area contributed by atoms with Gasteiger partial charge in [0.25, 0.3) is 5.91 Å². The number of methoxy groups -OCH3 is 1. The maximum atomic E-state index is 12.7. The molecule has 5 heteroatoms. The molecule has 134 valence electrons. The Morgan fingerprint density at radius 1 is 1.00 bits per heavy atom. The fraction of sp³-hybridized carbons (Fsp3) is 0.0909. The number of rotatable bonds is 3. The predicted molar refractivity (Wildman–Crippen MR) is 106 cm³/mol. The lowest BCUT2D eigenvalue weighted by Crippen LogP contribution is -2.12. The highest BCUT2D eigenvalue weighted by molar-refractivity contribution is 6.05. The summed E-state index contributed by atoms with van der Waals surface area (Å²) >= 11 is 0. The normalized spacial score (nSPS) is 10.9. The van der Waals surface area contributed by atoms with Crippen LogP contribution in [0.5, 0.6) is 5.75 Å². The van der Waals surface area contributed by atoms with Crippen LogP contribution < -0.4 is 15.5 Å². The molecule has 0 unspecified atom stereocenters. The molecule has 0 radical (unpaired) electrons. The highest BCUT2D eigenvalue weighted by Crippen LogP contribution is 2.28. The Hall–Kier alpha value is -3.60. The van der Waals surface area contributed by atoms with Gasteiger partial charge in [0.1, 0.15) is 5.58 Å².